The molecule has 0 atom stereocenters. The summed E-state index contributed by atoms with van der Waals surface area (Å²) in [5.41, 5.74) is 0.596. The van der Waals surface area contributed by atoms with Crippen LogP contribution in [0.2, 0.25) is 0 Å². The number of rotatable bonds is 2. The minimum absolute atomic E-state index is 0.000650. The minimum Gasteiger partial charge on any atom is -0.363 e. The van der Waals surface area contributed by atoms with Crippen molar-refractivity contribution in [3.8, 4) is 6.07 Å². The third-order valence-electron chi connectivity index (χ3n) is 1.68. The molecule has 2 N–H and O–H groups in total. The fourth-order valence-electron chi connectivity index (χ4n) is 1.02. The van der Waals surface area contributed by atoms with Crippen molar-refractivity contribution in [3.05, 3.63) is 29.6 Å². The molecule has 0 aliphatic heterocycles. The maximum absolute atomic E-state index is 13.0. The highest BCUT2D eigenvalue weighted by atomic mass is 32.1. The van der Waals surface area contributed by atoms with Gasteiger partial charge in [0, 0.05) is 12.2 Å². The number of benzene rings is 1. The number of hydrogen-bond donors (Lipinski definition) is 2. The van der Waals surface area contributed by atoms with Crippen molar-refractivity contribution in [2.45, 2.75) is 6.92 Å². The Morgan fingerprint density at radius 3 is 2.93 bits per heavy atom. The van der Waals surface area contributed by atoms with Crippen LogP contribution in [0.5, 0.6) is 0 Å². The van der Waals surface area contributed by atoms with Crippen LogP contribution in [-0.4, -0.2) is 11.7 Å². The predicted molar refractivity (Wildman–Crippen MR) is 61.0 cm³/mol. The van der Waals surface area contributed by atoms with Crippen LogP contribution in [-0.2, 0) is 0 Å². The maximum Gasteiger partial charge on any atom is 0.170 e. The second kappa shape index (κ2) is 5.27. The van der Waals surface area contributed by atoms with Gasteiger partial charge in [0.1, 0.15) is 11.9 Å². The molecule has 1 rings (SSSR count). The van der Waals surface area contributed by atoms with Gasteiger partial charge in [0.25, 0.3) is 0 Å². The van der Waals surface area contributed by atoms with Gasteiger partial charge in [-0.15, -0.1) is 0 Å². The van der Waals surface area contributed by atoms with E-state index in [4.69, 9.17) is 17.5 Å². The number of halogens is 1. The third kappa shape index (κ3) is 3.18. The molecule has 0 aliphatic rings. The topological polar surface area (TPSA) is 47.8 Å². The quantitative estimate of drug-likeness (QED) is 0.753. The monoisotopic (exact) mass is 223 g/mol. The predicted octanol–water partition coefficient (Wildman–Crippen LogP) is 2.00. The second-order valence-corrected chi connectivity index (χ2v) is 3.20. The average molecular weight is 223 g/mol. The number of hydrogen-bond acceptors (Lipinski definition) is 2. The van der Waals surface area contributed by atoms with Gasteiger partial charge in [-0.3, -0.25) is 0 Å². The molecule has 0 saturated carbocycles. The van der Waals surface area contributed by atoms with E-state index < -0.39 is 5.82 Å². The lowest BCUT2D eigenvalue weighted by atomic mass is 10.2. The molecule has 0 bridgehead atoms. The van der Waals surface area contributed by atoms with Crippen LogP contribution in [0.3, 0.4) is 0 Å². The molecule has 0 aliphatic carbocycles. The largest absolute Gasteiger partial charge is 0.363 e. The molecule has 0 amide bonds. The van der Waals surface area contributed by atoms with E-state index >= 15 is 0 Å². The smallest absolute Gasteiger partial charge is 0.170 e. The zero-order valence-corrected chi connectivity index (χ0v) is 8.99. The van der Waals surface area contributed by atoms with Crippen molar-refractivity contribution in [3.63, 3.8) is 0 Å². The number of nitrogens with zero attached hydrogens (tertiary/aromatic N) is 1. The zero-order chi connectivity index (χ0) is 11.3. The van der Waals surface area contributed by atoms with E-state index in [2.05, 4.69) is 10.6 Å². The van der Waals surface area contributed by atoms with Crippen LogP contribution in [0.4, 0.5) is 10.1 Å². The Labute approximate surface area is 92.9 Å². The number of nitriles is 1. The van der Waals surface area contributed by atoms with Crippen molar-refractivity contribution in [2.24, 2.45) is 0 Å². The first-order chi connectivity index (χ1) is 7.17. The van der Waals surface area contributed by atoms with E-state index in [9.17, 15) is 4.39 Å². The summed E-state index contributed by atoms with van der Waals surface area (Å²) in [6, 6.07) is 5.94. The van der Waals surface area contributed by atoms with Crippen molar-refractivity contribution in [1.29, 1.82) is 5.26 Å². The molecular weight excluding hydrogens is 213 g/mol. The average Bonchev–Trinajstić information content (AvgIpc) is 2.21. The maximum atomic E-state index is 13.0. The Balaban J connectivity index is 2.80. The van der Waals surface area contributed by atoms with Crippen LogP contribution in [0.25, 0.3) is 0 Å². The highest BCUT2D eigenvalue weighted by Crippen LogP contribution is 2.13. The zero-order valence-electron chi connectivity index (χ0n) is 8.17. The first-order valence-electron chi connectivity index (χ1n) is 4.42. The fraction of sp³-hybridized carbons (Fsp3) is 0.200. The van der Waals surface area contributed by atoms with E-state index in [1.54, 1.807) is 6.07 Å². The summed E-state index contributed by atoms with van der Waals surface area (Å²) in [7, 11) is 0. The summed E-state index contributed by atoms with van der Waals surface area (Å²) < 4.78 is 13.0. The van der Waals surface area contributed by atoms with Crippen LogP contribution < -0.4 is 10.6 Å². The van der Waals surface area contributed by atoms with Gasteiger partial charge in [-0.2, -0.15) is 5.26 Å². The van der Waals surface area contributed by atoms with Crippen molar-refractivity contribution >= 4 is 23.0 Å². The molecule has 1 aromatic carbocycles. The number of thiocarbonyl (C=S) groups is 1. The third-order valence-corrected chi connectivity index (χ3v) is 1.93. The van der Waals surface area contributed by atoms with E-state index in [0.29, 0.717) is 17.3 Å². The number of nitrogens with one attached hydrogen (secondary N) is 2. The van der Waals surface area contributed by atoms with Gasteiger partial charge in [-0.25, -0.2) is 4.39 Å². The molecule has 0 radical (unpaired) electrons. The SMILES string of the molecule is CCNC(=S)Nc1ccc(F)c(C#N)c1. The highest BCUT2D eigenvalue weighted by Gasteiger charge is 2.03. The standard InChI is InChI=1S/C10H10FN3S/c1-2-13-10(15)14-8-3-4-9(11)7(5-8)6-12/h3-5H,2H2,1H3,(H2,13,14,15). The van der Waals surface area contributed by atoms with Gasteiger partial charge in [0.05, 0.1) is 5.56 Å². The molecule has 0 aromatic heterocycles. The van der Waals surface area contributed by atoms with E-state index in [1.807, 2.05) is 6.92 Å². The van der Waals surface area contributed by atoms with Crippen LogP contribution in [0, 0.1) is 17.1 Å². The first-order valence-corrected chi connectivity index (χ1v) is 4.82. The van der Waals surface area contributed by atoms with Gasteiger partial charge in [-0.1, -0.05) is 0 Å². The van der Waals surface area contributed by atoms with E-state index in [1.165, 1.54) is 18.2 Å². The summed E-state index contributed by atoms with van der Waals surface area (Å²) in [5.74, 6) is -0.530. The Morgan fingerprint density at radius 1 is 1.60 bits per heavy atom. The van der Waals surface area contributed by atoms with Crippen molar-refractivity contribution in [1.82, 2.24) is 5.32 Å². The van der Waals surface area contributed by atoms with Gasteiger partial charge in [0.15, 0.2) is 5.11 Å². The van der Waals surface area contributed by atoms with Crippen molar-refractivity contribution < 1.29 is 4.39 Å². The Kier molecular flexibility index (Phi) is 4.01. The minimum atomic E-state index is -0.530. The second-order valence-electron chi connectivity index (χ2n) is 2.79. The molecule has 78 valence electrons. The van der Waals surface area contributed by atoms with Crippen molar-refractivity contribution in [2.75, 3.05) is 11.9 Å². The molecule has 1 aromatic rings. The fourth-order valence-corrected chi connectivity index (χ4v) is 1.29. The normalized spacial score (nSPS) is 9.13. The number of anilines is 1. The summed E-state index contributed by atoms with van der Waals surface area (Å²) in [5, 5.41) is 14.8. The van der Waals surface area contributed by atoms with E-state index in [0.717, 1.165) is 0 Å². The Bertz CT molecular complexity index is 412. The molecule has 0 fully saturated rings. The van der Waals surface area contributed by atoms with Gasteiger partial charge >= 0.3 is 0 Å². The summed E-state index contributed by atoms with van der Waals surface area (Å²) in [6.45, 7) is 2.62. The summed E-state index contributed by atoms with van der Waals surface area (Å²) in [6.07, 6.45) is 0. The lowest BCUT2D eigenvalue weighted by molar-refractivity contribution is 0.624. The molecule has 15 heavy (non-hydrogen) atoms. The summed E-state index contributed by atoms with van der Waals surface area (Å²) in [4.78, 5) is 0. The van der Waals surface area contributed by atoms with Gasteiger partial charge < -0.3 is 10.6 Å². The first kappa shape index (κ1) is 11.4. The molecule has 0 heterocycles. The van der Waals surface area contributed by atoms with Crippen LogP contribution in [0.1, 0.15) is 12.5 Å². The van der Waals surface area contributed by atoms with E-state index in [-0.39, 0.29) is 5.56 Å². The highest BCUT2D eigenvalue weighted by molar-refractivity contribution is 7.80. The van der Waals surface area contributed by atoms with Gasteiger partial charge in [0.2, 0.25) is 0 Å². The lowest BCUT2D eigenvalue weighted by Crippen LogP contribution is -2.27. The summed E-state index contributed by atoms with van der Waals surface area (Å²) >= 11 is 4.95. The molecule has 5 heteroatoms. The molecular formula is C10H10FN3S. The molecule has 0 spiro atoms. The Hall–Kier alpha value is -1.67. The van der Waals surface area contributed by atoms with Gasteiger partial charge in [-0.05, 0) is 37.3 Å². The lowest BCUT2D eigenvalue weighted by Gasteiger charge is -2.08. The van der Waals surface area contributed by atoms with Crippen LogP contribution >= 0.6 is 12.2 Å². The van der Waals surface area contributed by atoms with Crippen LogP contribution in [0.15, 0.2) is 18.2 Å². The molecule has 0 unspecified atom stereocenters. The molecule has 3 nitrogen and oxygen atoms in total. The molecule has 0 saturated heterocycles. The Morgan fingerprint density at radius 2 is 2.33 bits per heavy atom.